The van der Waals surface area contributed by atoms with Crippen LogP contribution >= 0.6 is 0 Å². The average molecular weight is 1560 g/mol. The minimum atomic E-state index is -5.66. The summed E-state index contributed by atoms with van der Waals surface area (Å²) in [5.41, 5.74) is -5.53. The molecule has 0 bridgehead atoms. The molecule has 8 aromatic carbocycles. The Labute approximate surface area is 555 Å². The zero-order valence-electron chi connectivity index (χ0n) is 48.9. The van der Waals surface area contributed by atoms with Crippen LogP contribution in [-0.4, -0.2) is 138 Å². The molecule has 0 spiro atoms. The first kappa shape index (κ1) is 75.0. The van der Waals surface area contributed by atoms with Crippen LogP contribution in [0.25, 0.3) is 21.5 Å². The lowest BCUT2D eigenvalue weighted by atomic mass is 10.1. The molecule has 37 nitrogen and oxygen atoms in total. The van der Waals surface area contributed by atoms with Gasteiger partial charge >= 0.3 is 6.03 Å². The number of hydrogen-bond acceptors (Lipinski definition) is 23. The van der Waals surface area contributed by atoms with E-state index in [2.05, 4.69) is 21.3 Å². The molecule has 8 aromatic rings. The molecular weight excluding hydrogens is 1510 g/mol. The standard InChI is InChI=1S/C51H44N6O31S10/c1-23-13-25(3)41(89(61,62)56-35-9-11-39(93(71,72)73)33-17-29(91(65,66)67)19-45(47(33)35)97(83,84)85)21-37(23)54-49(58)31-7-5-27(15-43(31)95(77,78)79)52-51(60)53-28-6-8-32(44(16-28)96(80,81)82)50(59)55-38-22-42(26(4)14-24(38)2)90(63,64)57-36-10-12-40(94(74,75)76)34-18-30(92(68,69)70)20-46(48(34)36)98(86,87)88/h5-22,56-57H,1-4H3,(H,54,58)(H,55,59)(H2,52,53,60)(H,65,66,67)(H,68,69,70)(H,71,72,73)(H,74,75,76)(H,77,78,79)(H,80,81,82)(H,83,84,85)(H,86,87,88). The Morgan fingerprint density at radius 1 is 0.286 bits per heavy atom. The van der Waals surface area contributed by atoms with Crippen molar-refractivity contribution in [1.29, 1.82) is 0 Å². The summed E-state index contributed by atoms with van der Waals surface area (Å²) in [6.45, 7) is 5.06. The Hall–Kier alpha value is -8.73. The van der Waals surface area contributed by atoms with Gasteiger partial charge in [-0.05, 0) is 147 Å². The second-order valence-electron chi connectivity index (χ2n) is 20.7. The zero-order valence-corrected chi connectivity index (χ0v) is 57.1. The number of rotatable bonds is 20. The summed E-state index contributed by atoms with van der Waals surface area (Å²) < 4.78 is 339. The minimum Gasteiger partial charge on any atom is -0.322 e. The number of sulfonamides is 2. The van der Waals surface area contributed by atoms with Gasteiger partial charge in [0.25, 0.3) is 113 Å². The highest BCUT2D eigenvalue weighted by Crippen LogP contribution is 2.41. The van der Waals surface area contributed by atoms with E-state index in [1.54, 1.807) is 0 Å². The number of carbonyl (C=O) groups is 3. The molecule has 0 atom stereocenters. The van der Waals surface area contributed by atoms with Gasteiger partial charge in [-0.2, -0.15) is 67.3 Å². The van der Waals surface area contributed by atoms with Crippen LogP contribution in [0.15, 0.2) is 158 Å². The second-order valence-corrected chi connectivity index (χ2v) is 35.2. The summed E-state index contributed by atoms with van der Waals surface area (Å²) in [6.07, 6.45) is 0. The Balaban J connectivity index is 1.04. The van der Waals surface area contributed by atoms with Crippen LogP contribution in [0.4, 0.5) is 38.9 Å². The summed E-state index contributed by atoms with van der Waals surface area (Å²) in [4.78, 5) is 29.0. The van der Waals surface area contributed by atoms with Gasteiger partial charge in [-0.25, -0.2) is 21.6 Å². The Kier molecular flexibility index (Phi) is 19.6. The van der Waals surface area contributed by atoms with Gasteiger partial charge in [0.15, 0.2) is 0 Å². The van der Waals surface area contributed by atoms with Gasteiger partial charge < -0.3 is 21.3 Å². The average Bonchev–Trinajstić information content (AvgIpc) is 0.741. The van der Waals surface area contributed by atoms with Crippen molar-refractivity contribution < 1.29 is 135 Å². The molecular formula is C51H44N6O31S10. The lowest BCUT2D eigenvalue weighted by Gasteiger charge is -2.18. The molecule has 0 saturated carbocycles. The van der Waals surface area contributed by atoms with Crippen LogP contribution in [0.2, 0.25) is 0 Å². The van der Waals surface area contributed by atoms with E-state index in [1.165, 1.54) is 27.7 Å². The van der Waals surface area contributed by atoms with Gasteiger partial charge in [0, 0.05) is 44.3 Å². The molecule has 0 radical (unpaired) electrons. The molecule has 0 heterocycles. The fourth-order valence-corrected chi connectivity index (χ4v) is 17.9. The predicted octanol–water partition coefficient (Wildman–Crippen LogP) is 4.95. The maximum atomic E-state index is 14.1. The van der Waals surface area contributed by atoms with Gasteiger partial charge in [0.2, 0.25) is 0 Å². The SMILES string of the molecule is Cc1cc(C)c(S(=O)(=O)Nc2ccc(S(=O)(=O)O)c3cc(S(=O)(=O)O)cc(S(=O)(=O)O)c23)cc1NC(=O)c1ccc(NC(=O)Nc2ccc(C(=O)Nc3cc(S(=O)(=O)Nc4ccc(S(=O)(=O)O)c5cc(S(=O)(=O)O)cc(S(=O)(=O)O)c45)c(C)cc3C)c(S(=O)(=O)O)c2)cc1S(=O)(=O)O. The lowest BCUT2D eigenvalue weighted by Crippen LogP contribution is -2.22. The number of anilines is 6. The number of fused-ring (bicyclic) bond motifs is 2. The smallest absolute Gasteiger partial charge is 0.322 e. The molecule has 524 valence electrons. The van der Waals surface area contributed by atoms with Crippen molar-refractivity contribution in [2.24, 2.45) is 0 Å². The summed E-state index contributed by atoms with van der Waals surface area (Å²) >= 11 is 0. The van der Waals surface area contributed by atoms with E-state index in [1.807, 2.05) is 9.44 Å². The van der Waals surface area contributed by atoms with Gasteiger partial charge in [-0.15, -0.1) is 0 Å². The third kappa shape index (κ3) is 16.0. The second kappa shape index (κ2) is 25.5. The third-order valence-corrected chi connectivity index (χ3v) is 23.9. The van der Waals surface area contributed by atoms with Crippen molar-refractivity contribution in [2.75, 3.05) is 30.7 Å². The molecule has 98 heavy (non-hydrogen) atoms. The molecule has 0 aliphatic heterocycles. The number of amides is 4. The van der Waals surface area contributed by atoms with Gasteiger partial charge in [-0.3, -0.25) is 55.5 Å². The van der Waals surface area contributed by atoms with Crippen LogP contribution in [0.1, 0.15) is 43.0 Å². The van der Waals surface area contributed by atoms with Crippen LogP contribution < -0.4 is 30.7 Å². The summed E-state index contributed by atoms with van der Waals surface area (Å²) in [5, 5.41) is 4.53. The molecule has 0 aliphatic rings. The van der Waals surface area contributed by atoms with Crippen molar-refractivity contribution in [1.82, 2.24) is 0 Å². The highest BCUT2D eigenvalue weighted by Gasteiger charge is 2.33. The molecule has 0 saturated heterocycles. The predicted molar refractivity (Wildman–Crippen MR) is 341 cm³/mol. The fourth-order valence-electron chi connectivity index (χ4n) is 9.70. The highest BCUT2D eigenvalue weighted by molar-refractivity contribution is 7.93. The number of nitrogens with one attached hydrogen (secondary N) is 6. The first-order valence-electron chi connectivity index (χ1n) is 25.8. The van der Waals surface area contributed by atoms with Gasteiger partial charge in [-0.1, -0.05) is 12.1 Å². The molecule has 8 rings (SSSR count). The van der Waals surface area contributed by atoms with E-state index >= 15 is 0 Å². The molecule has 14 N–H and O–H groups in total. The molecule has 0 aliphatic carbocycles. The van der Waals surface area contributed by atoms with Crippen molar-refractivity contribution in [3.05, 3.63) is 143 Å². The van der Waals surface area contributed by atoms with Gasteiger partial charge in [0.05, 0.1) is 42.1 Å². The van der Waals surface area contributed by atoms with E-state index < -0.39 is 235 Å². The van der Waals surface area contributed by atoms with Crippen LogP contribution in [0.3, 0.4) is 0 Å². The fraction of sp³-hybridized carbons (Fsp3) is 0.0784. The first-order valence-corrected chi connectivity index (χ1v) is 40.3. The maximum Gasteiger partial charge on any atom is 0.323 e. The highest BCUT2D eigenvalue weighted by atomic mass is 32.3. The summed E-state index contributed by atoms with van der Waals surface area (Å²) in [5.74, 6) is -2.78. The molecule has 47 heteroatoms. The van der Waals surface area contributed by atoms with Crippen LogP contribution in [0, 0.1) is 27.7 Å². The van der Waals surface area contributed by atoms with E-state index in [9.17, 15) is 135 Å². The summed E-state index contributed by atoms with van der Waals surface area (Å²) in [7, 11) is -54.1. The third-order valence-electron chi connectivity index (χ3n) is 13.9. The summed E-state index contributed by atoms with van der Waals surface area (Å²) in [6, 6.07) is 10.0. The molecule has 0 unspecified atom stereocenters. The minimum absolute atomic E-state index is 0.0655. The van der Waals surface area contributed by atoms with Crippen LogP contribution in [0.5, 0.6) is 0 Å². The number of aryl methyl sites for hydroxylation is 4. The Bertz CT molecular complexity index is 5760. The lowest BCUT2D eigenvalue weighted by molar-refractivity contribution is 0.101. The number of benzene rings is 8. The van der Waals surface area contributed by atoms with E-state index in [-0.39, 0.29) is 34.4 Å². The van der Waals surface area contributed by atoms with E-state index in [0.717, 1.165) is 48.5 Å². The quantitative estimate of drug-likeness (QED) is 0.0449. The first-order chi connectivity index (χ1) is 44.5. The Morgan fingerprint density at radius 2 is 0.592 bits per heavy atom. The number of urea groups is 1. The number of hydrogen-bond donors (Lipinski definition) is 14. The van der Waals surface area contributed by atoms with Crippen molar-refractivity contribution in [2.45, 2.75) is 76.6 Å². The van der Waals surface area contributed by atoms with Crippen LogP contribution in [-0.2, 0) is 101 Å². The van der Waals surface area contributed by atoms with Crippen molar-refractivity contribution in [3.8, 4) is 0 Å². The monoisotopic (exact) mass is 1560 g/mol. The number of carbonyl (C=O) groups excluding carboxylic acids is 3. The van der Waals surface area contributed by atoms with Gasteiger partial charge in [0.1, 0.15) is 29.4 Å². The molecule has 0 fully saturated rings. The molecule has 4 amide bonds. The Morgan fingerprint density at radius 3 is 0.878 bits per heavy atom. The van der Waals surface area contributed by atoms with Crippen molar-refractivity contribution in [3.63, 3.8) is 0 Å². The van der Waals surface area contributed by atoms with Crippen molar-refractivity contribution >= 4 is 175 Å². The normalized spacial score (nSPS) is 13.0. The molecule has 0 aromatic heterocycles. The topological polar surface area (TPSA) is 627 Å². The van der Waals surface area contributed by atoms with E-state index in [4.69, 9.17) is 0 Å². The van der Waals surface area contributed by atoms with E-state index in [0.29, 0.717) is 48.5 Å². The largest absolute Gasteiger partial charge is 0.323 e. The zero-order chi connectivity index (χ0) is 73.7. The maximum absolute atomic E-state index is 14.1.